The number of ether oxygens (including phenoxy) is 2. The molecule has 0 saturated carbocycles. The third-order valence-electron chi connectivity index (χ3n) is 3.02. The van der Waals surface area contributed by atoms with Gasteiger partial charge in [-0.3, -0.25) is 9.59 Å². The molecule has 2 rings (SSSR count). The van der Waals surface area contributed by atoms with Crippen LogP contribution in [0.25, 0.3) is 0 Å². The Morgan fingerprint density at radius 2 is 1.67 bits per heavy atom. The second kappa shape index (κ2) is 6.70. The van der Waals surface area contributed by atoms with Crippen LogP contribution in [0.4, 0.5) is 0 Å². The molecule has 21 heavy (non-hydrogen) atoms. The van der Waals surface area contributed by atoms with Gasteiger partial charge in [-0.05, 0) is 43.3 Å². The van der Waals surface area contributed by atoms with E-state index in [2.05, 4.69) is 0 Å². The summed E-state index contributed by atoms with van der Waals surface area (Å²) in [5.41, 5.74) is 1.11. The Morgan fingerprint density at radius 1 is 0.952 bits per heavy atom. The molecular formula is C17H16O4. The average molecular weight is 284 g/mol. The van der Waals surface area contributed by atoms with Gasteiger partial charge in [-0.15, -0.1) is 0 Å². The maximum absolute atomic E-state index is 12.0. The molecule has 2 aromatic carbocycles. The summed E-state index contributed by atoms with van der Waals surface area (Å²) in [5.74, 6) is 1.03. The summed E-state index contributed by atoms with van der Waals surface area (Å²) in [6.07, 6.45) is 0. The van der Waals surface area contributed by atoms with Crippen LogP contribution in [0, 0.1) is 0 Å². The lowest BCUT2D eigenvalue weighted by molar-refractivity contribution is 0.0921. The quantitative estimate of drug-likeness (QED) is 0.765. The number of carbonyl (C=O) groups is 2. The topological polar surface area (TPSA) is 52.6 Å². The lowest BCUT2D eigenvalue weighted by Gasteiger charge is -2.07. The van der Waals surface area contributed by atoms with Crippen molar-refractivity contribution in [2.45, 2.75) is 6.92 Å². The fraction of sp³-hybridized carbons (Fsp3) is 0.176. The molecule has 4 heteroatoms. The highest BCUT2D eigenvalue weighted by atomic mass is 16.5. The summed E-state index contributed by atoms with van der Waals surface area (Å²) >= 11 is 0. The Kier molecular flexibility index (Phi) is 4.72. The van der Waals surface area contributed by atoms with E-state index in [9.17, 15) is 9.59 Å². The SMILES string of the molecule is COc1ccc(C(=O)COc2cccc(C(C)=O)c2)cc1. The van der Waals surface area contributed by atoms with E-state index in [1.165, 1.54) is 6.92 Å². The number of ketones is 2. The van der Waals surface area contributed by atoms with Crippen LogP contribution >= 0.6 is 0 Å². The maximum atomic E-state index is 12.0. The van der Waals surface area contributed by atoms with Crippen molar-refractivity contribution in [3.8, 4) is 11.5 Å². The Morgan fingerprint density at radius 3 is 2.29 bits per heavy atom. The predicted molar refractivity (Wildman–Crippen MR) is 79.3 cm³/mol. The third kappa shape index (κ3) is 3.92. The summed E-state index contributed by atoms with van der Waals surface area (Å²) < 4.78 is 10.5. The number of rotatable bonds is 6. The van der Waals surface area contributed by atoms with Gasteiger partial charge in [-0.1, -0.05) is 12.1 Å². The Bertz CT molecular complexity index is 644. The minimum absolute atomic E-state index is 0.0399. The van der Waals surface area contributed by atoms with Crippen LogP contribution in [-0.4, -0.2) is 25.3 Å². The fourth-order valence-corrected chi connectivity index (χ4v) is 1.81. The lowest BCUT2D eigenvalue weighted by atomic mass is 10.1. The van der Waals surface area contributed by atoms with Gasteiger partial charge in [0, 0.05) is 11.1 Å². The lowest BCUT2D eigenvalue weighted by Crippen LogP contribution is -2.11. The van der Waals surface area contributed by atoms with Crippen LogP contribution in [0.3, 0.4) is 0 Å². The standard InChI is InChI=1S/C17H16O4/c1-12(18)14-4-3-5-16(10-14)21-11-17(19)13-6-8-15(20-2)9-7-13/h3-10H,11H2,1-2H3. The summed E-state index contributed by atoms with van der Waals surface area (Å²) in [6.45, 7) is 1.41. The molecule has 0 aromatic heterocycles. The van der Waals surface area contributed by atoms with Crippen LogP contribution in [0.2, 0.25) is 0 Å². The summed E-state index contributed by atoms with van der Waals surface area (Å²) in [5, 5.41) is 0. The minimum Gasteiger partial charge on any atom is -0.497 e. The first-order valence-electron chi connectivity index (χ1n) is 6.51. The molecule has 0 aliphatic rings. The molecule has 0 aliphatic heterocycles. The molecule has 108 valence electrons. The van der Waals surface area contributed by atoms with E-state index in [1.807, 2.05) is 0 Å². The van der Waals surface area contributed by atoms with Crippen LogP contribution in [0.5, 0.6) is 11.5 Å². The number of hydrogen-bond donors (Lipinski definition) is 0. The van der Waals surface area contributed by atoms with Gasteiger partial charge < -0.3 is 9.47 Å². The van der Waals surface area contributed by atoms with Crippen molar-refractivity contribution >= 4 is 11.6 Å². The molecule has 0 spiro atoms. The molecule has 0 aliphatic carbocycles. The molecule has 4 nitrogen and oxygen atoms in total. The number of Topliss-reactive ketones (excluding diaryl/α,β-unsaturated/α-hetero) is 2. The van der Waals surface area contributed by atoms with E-state index in [0.717, 1.165) is 0 Å². The van der Waals surface area contributed by atoms with Crippen LogP contribution in [0.15, 0.2) is 48.5 Å². The number of methoxy groups -OCH3 is 1. The van der Waals surface area contributed by atoms with Gasteiger partial charge >= 0.3 is 0 Å². The summed E-state index contributed by atoms with van der Waals surface area (Å²) in [4.78, 5) is 23.3. The first kappa shape index (κ1) is 14.8. The molecule has 2 aromatic rings. The highest BCUT2D eigenvalue weighted by Crippen LogP contribution is 2.15. The van der Waals surface area contributed by atoms with Crippen molar-refractivity contribution < 1.29 is 19.1 Å². The molecule has 0 unspecified atom stereocenters. The van der Waals surface area contributed by atoms with Gasteiger partial charge in [0.05, 0.1) is 7.11 Å². The molecule has 0 fully saturated rings. The van der Waals surface area contributed by atoms with Crippen LogP contribution in [0.1, 0.15) is 27.6 Å². The van der Waals surface area contributed by atoms with Crippen LogP contribution < -0.4 is 9.47 Å². The van der Waals surface area contributed by atoms with Crippen molar-refractivity contribution in [2.24, 2.45) is 0 Å². The normalized spacial score (nSPS) is 10.0. The second-order valence-corrected chi connectivity index (χ2v) is 4.52. The average Bonchev–Trinajstić information content (AvgIpc) is 2.53. The minimum atomic E-state index is -0.133. The highest BCUT2D eigenvalue weighted by molar-refractivity contribution is 5.97. The molecule has 0 radical (unpaired) electrons. The van der Waals surface area contributed by atoms with E-state index in [4.69, 9.17) is 9.47 Å². The molecule has 0 bridgehead atoms. The van der Waals surface area contributed by atoms with E-state index in [0.29, 0.717) is 22.6 Å². The number of hydrogen-bond acceptors (Lipinski definition) is 4. The first-order chi connectivity index (χ1) is 10.1. The zero-order valence-electron chi connectivity index (χ0n) is 12.0. The third-order valence-corrected chi connectivity index (χ3v) is 3.02. The van der Waals surface area contributed by atoms with E-state index in [1.54, 1.807) is 55.6 Å². The number of carbonyl (C=O) groups excluding carboxylic acids is 2. The van der Waals surface area contributed by atoms with Crippen molar-refractivity contribution in [1.29, 1.82) is 0 Å². The highest BCUT2D eigenvalue weighted by Gasteiger charge is 2.08. The summed E-state index contributed by atoms with van der Waals surface area (Å²) in [7, 11) is 1.57. The van der Waals surface area contributed by atoms with E-state index in [-0.39, 0.29) is 18.2 Å². The number of benzene rings is 2. The predicted octanol–water partition coefficient (Wildman–Crippen LogP) is 3.16. The van der Waals surface area contributed by atoms with Crippen molar-refractivity contribution in [3.63, 3.8) is 0 Å². The van der Waals surface area contributed by atoms with E-state index < -0.39 is 0 Å². The van der Waals surface area contributed by atoms with Gasteiger partial charge in [-0.2, -0.15) is 0 Å². The molecule has 0 heterocycles. The second-order valence-electron chi connectivity index (χ2n) is 4.52. The molecule has 0 amide bonds. The molecular weight excluding hydrogens is 268 g/mol. The smallest absolute Gasteiger partial charge is 0.200 e. The fourth-order valence-electron chi connectivity index (χ4n) is 1.81. The monoisotopic (exact) mass is 284 g/mol. The van der Waals surface area contributed by atoms with Gasteiger partial charge in [0.25, 0.3) is 0 Å². The van der Waals surface area contributed by atoms with Crippen molar-refractivity contribution in [1.82, 2.24) is 0 Å². The molecule has 0 saturated heterocycles. The van der Waals surface area contributed by atoms with Gasteiger partial charge in [0.1, 0.15) is 11.5 Å². The maximum Gasteiger partial charge on any atom is 0.200 e. The Hall–Kier alpha value is -2.62. The van der Waals surface area contributed by atoms with E-state index >= 15 is 0 Å². The summed E-state index contributed by atoms with van der Waals surface area (Å²) in [6, 6.07) is 13.6. The van der Waals surface area contributed by atoms with Crippen molar-refractivity contribution in [3.05, 3.63) is 59.7 Å². The largest absolute Gasteiger partial charge is 0.497 e. The molecule has 0 atom stereocenters. The zero-order chi connectivity index (χ0) is 15.2. The van der Waals surface area contributed by atoms with Crippen LogP contribution in [-0.2, 0) is 0 Å². The van der Waals surface area contributed by atoms with Gasteiger partial charge in [0.2, 0.25) is 0 Å². The Labute approximate surface area is 123 Å². The van der Waals surface area contributed by atoms with Crippen molar-refractivity contribution in [2.75, 3.05) is 13.7 Å². The Balaban J connectivity index is 2.00. The van der Waals surface area contributed by atoms with Gasteiger partial charge in [0.15, 0.2) is 18.2 Å². The first-order valence-corrected chi connectivity index (χ1v) is 6.51. The zero-order valence-corrected chi connectivity index (χ0v) is 12.0. The molecule has 0 N–H and O–H groups in total. The van der Waals surface area contributed by atoms with Gasteiger partial charge in [-0.25, -0.2) is 0 Å².